The van der Waals surface area contributed by atoms with Crippen molar-refractivity contribution in [3.8, 4) is 11.1 Å². The maximum Gasteiger partial charge on any atom is 0.393 e. The van der Waals surface area contributed by atoms with E-state index in [0.717, 1.165) is 35.6 Å². The van der Waals surface area contributed by atoms with Crippen molar-refractivity contribution in [1.29, 1.82) is 0 Å². The molecule has 0 spiro atoms. The first kappa shape index (κ1) is 23.7. The predicted molar refractivity (Wildman–Crippen MR) is 124 cm³/mol. The van der Waals surface area contributed by atoms with E-state index >= 15 is 0 Å². The van der Waals surface area contributed by atoms with Crippen molar-refractivity contribution >= 4 is 17.4 Å². The van der Waals surface area contributed by atoms with Crippen LogP contribution in [0, 0.1) is 12.8 Å². The van der Waals surface area contributed by atoms with Crippen LogP contribution in [0.25, 0.3) is 11.1 Å². The molecule has 0 radical (unpaired) electrons. The van der Waals surface area contributed by atoms with Gasteiger partial charge >= 0.3 is 6.18 Å². The summed E-state index contributed by atoms with van der Waals surface area (Å²) in [5.41, 5.74) is 3.26. The fraction of sp³-hybridized carbons (Fsp3) is 0.320. The lowest BCUT2D eigenvalue weighted by molar-refractivity contribution is -0.127. The zero-order chi connectivity index (χ0) is 24.3. The van der Waals surface area contributed by atoms with E-state index in [4.69, 9.17) is 0 Å². The maximum atomic E-state index is 12.9. The minimum absolute atomic E-state index is 0.111. The Kier molecular flexibility index (Phi) is 6.83. The van der Waals surface area contributed by atoms with Crippen LogP contribution in [0.2, 0.25) is 0 Å². The summed E-state index contributed by atoms with van der Waals surface area (Å²) in [5, 5.41) is 12.2. The molecule has 0 aliphatic carbocycles. The molecule has 0 unspecified atom stereocenters. The summed E-state index contributed by atoms with van der Waals surface area (Å²) in [4.78, 5) is 23.9. The standard InChI is InChI=1S/C25H25F3N4O2/c1-16-2-5-19(12-29-16)22-10-20(13-30-23(22)32-9-8-18(14-32)15-33)24(34)31-21-6-3-17(4-7-21)11-25(26,27)28/h2-7,10,12-13,18,33H,8-9,11,14-15H2,1H3,(H,31,34)/t18-/m1/s1. The molecule has 1 atom stereocenters. The van der Waals surface area contributed by atoms with Crippen molar-refractivity contribution in [3.05, 3.63) is 71.7 Å². The molecule has 178 valence electrons. The van der Waals surface area contributed by atoms with Crippen molar-refractivity contribution in [3.63, 3.8) is 0 Å². The summed E-state index contributed by atoms with van der Waals surface area (Å²) in [6.45, 7) is 3.42. The van der Waals surface area contributed by atoms with Crippen molar-refractivity contribution in [2.24, 2.45) is 5.92 Å². The molecule has 9 heteroatoms. The second kappa shape index (κ2) is 9.80. The van der Waals surface area contributed by atoms with Crippen molar-refractivity contribution < 1.29 is 23.1 Å². The highest BCUT2D eigenvalue weighted by molar-refractivity contribution is 6.05. The molecule has 1 aromatic carbocycles. The van der Waals surface area contributed by atoms with Crippen LogP contribution in [0.15, 0.2) is 54.9 Å². The van der Waals surface area contributed by atoms with E-state index in [1.807, 2.05) is 19.1 Å². The monoisotopic (exact) mass is 470 g/mol. The number of amides is 1. The first-order valence-corrected chi connectivity index (χ1v) is 11.0. The Morgan fingerprint density at radius 3 is 2.53 bits per heavy atom. The second-order valence-electron chi connectivity index (χ2n) is 8.51. The molecule has 3 aromatic rings. The number of pyridine rings is 2. The number of benzene rings is 1. The first-order chi connectivity index (χ1) is 16.2. The number of hydrogen-bond donors (Lipinski definition) is 2. The maximum absolute atomic E-state index is 12.9. The quantitative estimate of drug-likeness (QED) is 0.549. The summed E-state index contributed by atoms with van der Waals surface area (Å²) < 4.78 is 37.7. The number of hydrogen-bond acceptors (Lipinski definition) is 5. The number of rotatable bonds is 6. The lowest BCUT2D eigenvalue weighted by Crippen LogP contribution is -2.23. The summed E-state index contributed by atoms with van der Waals surface area (Å²) in [7, 11) is 0. The molecule has 4 rings (SSSR count). The largest absolute Gasteiger partial charge is 0.396 e. The van der Waals surface area contributed by atoms with Crippen LogP contribution < -0.4 is 10.2 Å². The molecular weight excluding hydrogens is 445 g/mol. The fourth-order valence-corrected chi connectivity index (χ4v) is 3.99. The minimum atomic E-state index is -4.29. The second-order valence-corrected chi connectivity index (χ2v) is 8.51. The smallest absolute Gasteiger partial charge is 0.393 e. The van der Waals surface area contributed by atoms with E-state index in [2.05, 4.69) is 20.2 Å². The SMILES string of the molecule is Cc1ccc(-c2cc(C(=O)Nc3ccc(CC(F)(F)F)cc3)cnc2N2CC[C@@H](CO)C2)cn1. The molecule has 3 heterocycles. The number of aromatic nitrogens is 2. The normalized spacial score (nSPS) is 16.0. The van der Waals surface area contributed by atoms with E-state index in [1.165, 1.54) is 30.5 Å². The van der Waals surface area contributed by atoms with Crippen LogP contribution in [0.5, 0.6) is 0 Å². The Hall–Kier alpha value is -3.46. The molecule has 2 aromatic heterocycles. The van der Waals surface area contributed by atoms with Gasteiger partial charge in [-0.3, -0.25) is 9.78 Å². The van der Waals surface area contributed by atoms with Gasteiger partial charge in [0.05, 0.1) is 12.0 Å². The van der Waals surface area contributed by atoms with Gasteiger partial charge in [0.15, 0.2) is 0 Å². The number of carbonyl (C=O) groups is 1. The first-order valence-electron chi connectivity index (χ1n) is 11.0. The number of alkyl halides is 3. The van der Waals surface area contributed by atoms with Gasteiger partial charge in [-0.1, -0.05) is 18.2 Å². The molecule has 6 nitrogen and oxygen atoms in total. The average molecular weight is 470 g/mol. The highest BCUT2D eigenvalue weighted by Crippen LogP contribution is 2.33. The van der Waals surface area contributed by atoms with Gasteiger partial charge in [-0.15, -0.1) is 0 Å². The van der Waals surface area contributed by atoms with Gasteiger partial charge in [-0.2, -0.15) is 13.2 Å². The molecule has 1 amide bonds. The number of halogens is 3. The van der Waals surface area contributed by atoms with Crippen LogP contribution in [0.1, 0.15) is 28.0 Å². The highest BCUT2D eigenvalue weighted by Gasteiger charge is 2.28. The summed E-state index contributed by atoms with van der Waals surface area (Å²) in [6, 6.07) is 11.1. The Morgan fingerprint density at radius 2 is 1.91 bits per heavy atom. The molecule has 0 bridgehead atoms. The Bertz CT molecular complexity index is 1150. The summed E-state index contributed by atoms with van der Waals surface area (Å²) in [5.74, 6) is 0.474. The zero-order valence-corrected chi connectivity index (χ0v) is 18.6. The van der Waals surface area contributed by atoms with Crippen molar-refractivity contribution in [2.45, 2.75) is 25.9 Å². The molecule has 1 aliphatic rings. The van der Waals surface area contributed by atoms with E-state index in [1.54, 1.807) is 12.3 Å². The molecular formula is C25H25F3N4O2. The third kappa shape index (κ3) is 5.72. The number of nitrogens with one attached hydrogen (secondary N) is 1. The van der Waals surface area contributed by atoms with Gasteiger partial charge in [-0.25, -0.2) is 4.98 Å². The molecule has 0 saturated carbocycles. The number of nitrogens with zero attached hydrogens (tertiary/aromatic N) is 3. The van der Waals surface area contributed by atoms with Crippen LogP contribution in [0.3, 0.4) is 0 Å². The third-order valence-corrected chi connectivity index (χ3v) is 5.81. The predicted octanol–water partition coefficient (Wildman–Crippen LogP) is 4.63. The summed E-state index contributed by atoms with van der Waals surface area (Å²) >= 11 is 0. The van der Waals surface area contributed by atoms with Gasteiger partial charge in [0.2, 0.25) is 0 Å². The van der Waals surface area contributed by atoms with E-state index in [-0.39, 0.29) is 18.1 Å². The van der Waals surface area contributed by atoms with E-state index < -0.39 is 18.5 Å². The van der Waals surface area contributed by atoms with Gasteiger partial charge in [0.1, 0.15) is 5.82 Å². The zero-order valence-electron chi connectivity index (χ0n) is 18.6. The molecule has 2 N–H and O–H groups in total. The van der Waals surface area contributed by atoms with Crippen LogP contribution >= 0.6 is 0 Å². The fourth-order valence-electron chi connectivity index (χ4n) is 3.99. The Morgan fingerprint density at radius 1 is 1.15 bits per heavy atom. The molecule has 1 fully saturated rings. The topological polar surface area (TPSA) is 78.4 Å². The third-order valence-electron chi connectivity index (χ3n) is 5.81. The Balaban J connectivity index is 1.59. The Labute approximate surface area is 195 Å². The minimum Gasteiger partial charge on any atom is -0.396 e. The number of aliphatic hydroxyl groups is 1. The lowest BCUT2D eigenvalue weighted by atomic mass is 10.0. The summed E-state index contributed by atoms with van der Waals surface area (Å²) in [6.07, 6.45) is -1.23. The number of aliphatic hydroxyl groups excluding tert-OH is 1. The molecule has 1 aliphatic heterocycles. The lowest BCUT2D eigenvalue weighted by Gasteiger charge is -2.21. The van der Waals surface area contributed by atoms with Gasteiger partial charge in [0.25, 0.3) is 5.91 Å². The van der Waals surface area contributed by atoms with Crippen LogP contribution in [0.4, 0.5) is 24.7 Å². The van der Waals surface area contributed by atoms with Crippen LogP contribution in [-0.2, 0) is 6.42 Å². The van der Waals surface area contributed by atoms with Crippen molar-refractivity contribution in [1.82, 2.24) is 9.97 Å². The van der Waals surface area contributed by atoms with Gasteiger partial charge in [0, 0.05) is 60.5 Å². The highest BCUT2D eigenvalue weighted by atomic mass is 19.4. The van der Waals surface area contributed by atoms with Gasteiger partial charge in [-0.05, 0) is 43.2 Å². The molecule has 1 saturated heterocycles. The van der Waals surface area contributed by atoms with Crippen LogP contribution in [-0.4, -0.2) is 46.9 Å². The van der Waals surface area contributed by atoms with E-state index in [9.17, 15) is 23.1 Å². The number of aryl methyl sites for hydroxylation is 1. The molecule has 34 heavy (non-hydrogen) atoms. The van der Waals surface area contributed by atoms with E-state index in [0.29, 0.717) is 17.8 Å². The average Bonchev–Trinajstić information content (AvgIpc) is 3.29. The van der Waals surface area contributed by atoms with Crippen molar-refractivity contribution in [2.75, 3.05) is 29.9 Å². The van der Waals surface area contributed by atoms with Gasteiger partial charge < -0.3 is 15.3 Å². The number of carbonyl (C=O) groups excluding carboxylic acids is 1. The number of anilines is 2.